The summed E-state index contributed by atoms with van der Waals surface area (Å²) in [5.74, 6) is 0.483. The summed E-state index contributed by atoms with van der Waals surface area (Å²) in [6.45, 7) is 15.9. The van der Waals surface area contributed by atoms with Gasteiger partial charge in [-0.15, -0.1) is 6.58 Å². The van der Waals surface area contributed by atoms with E-state index in [1.165, 1.54) is 0 Å². The van der Waals surface area contributed by atoms with Gasteiger partial charge in [-0.2, -0.15) is 0 Å². The van der Waals surface area contributed by atoms with Crippen LogP contribution in [0.25, 0.3) is 0 Å². The first-order valence-corrected chi connectivity index (χ1v) is 13.6. The first-order valence-electron chi connectivity index (χ1n) is 9.89. The standard InChI is InChI=1S/C21H40O4Si/c1-8-16(2)21(22)17(3)13-18-9-10-19(20(14-18)23-4)25-15-24-11-12-26(5,6)7/h8,13,16,18-22H,1,9-12,14-15H2,2-7H3/b17-13+/t16-,18+,19-,20-,21+/m1/s1. The second kappa shape index (κ2) is 11.4. The van der Waals surface area contributed by atoms with Gasteiger partial charge in [0.1, 0.15) is 6.79 Å². The van der Waals surface area contributed by atoms with Crippen molar-refractivity contribution < 1.29 is 19.3 Å². The molecular formula is C21H40O4Si. The number of hydrogen-bond acceptors (Lipinski definition) is 4. The highest BCUT2D eigenvalue weighted by atomic mass is 28.3. The number of allylic oxidation sites excluding steroid dienone is 1. The first-order chi connectivity index (χ1) is 12.2. The maximum absolute atomic E-state index is 10.3. The molecule has 4 nitrogen and oxygen atoms in total. The van der Waals surface area contributed by atoms with E-state index < -0.39 is 14.2 Å². The third kappa shape index (κ3) is 8.48. The van der Waals surface area contributed by atoms with Gasteiger partial charge >= 0.3 is 0 Å². The van der Waals surface area contributed by atoms with Gasteiger partial charge < -0.3 is 19.3 Å². The zero-order valence-electron chi connectivity index (χ0n) is 17.7. The molecule has 0 aromatic carbocycles. The Morgan fingerprint density at radius 3 is 2.54 bits per heavy atom. The van der Waals surface area contributed by atoms with Crippen molar-refractivity contribution in [1.29, 1.82) is 0 Å². The molecule has 0 heterocycles. The van der Waals surface area contributed by atoms with Crippen molar-refractivity contribution in [2.75, 3.05) is 20.5 Å². The molecule has 0 unspecified atom stereocenters. The average molecular weight is 385 g/mol. The van der Waals surface area contributed by atoms with Gasteiger partial charge in [0.25, 0.3) is 0 Å². The van der Waals surface area contributed by atoms with E-state index in [1.54, 1.807) is 13.2 Å². The number of aliphatic hydroxyl groups excluding tert-OH is 1. The topological polar surface area (TPSA) is 47.9 Å². The predicted octanol–water partition coefficient (Wildman–Crippen LogP) is 4.63. The van der Waals surface area contributed by atoms with Crippen LogP contribution in [0.4, 0.5) is 0 Å². The smallest absolute Gasteiger partial charge is 0.147 e. The summed E-state index contributed by atoms with van der Waals surface area (Å²) in [6.07, 6.45) is 6.64. The highest BCUT2D eigenvalue weighted by Gasteiger charge is 2.31. The quantitative estimate of drug-likeness (QED) is 0.244. The fourth-order valence-electron chi connectivity index (χ4n) is 3.31. The van der Waals surface area contributed by atoms with Gasteiger partial charge in [0, 0.05) is 27.7 Å². The van der Waals surface area contributed by atoms with E-state index >= 15 is 0 Å². The summed E-state index contributed by atoms with van der Waals surface area (Å²) >= 11 is 0. The second-order valence-corrected chi connectivity index (χ2v) is 14.5. The van der Waals surface area contributed by atoms with Crippen LogP contribution in [-0.2, 0) is 14.2 Å². The normalized spacial score (nSPS) is 27.2. The van der Waals surface area contributed by atoms with Gasteiger partial charge in [0.05, 0.1) is 18.3 Å². The van der Waals surface area contributed by atoms with Crippen molar-refractivity contribution in [1.82, 2.24) is 0 Å². The maximum atomic E-state index is 10.3. The molecule has 152 valence electrons. The molecule has 0 spiro atoms. The molecule has 5 atom stereocenters. The third-order valence-corrected chi connectivity index (χ3v) is 6.98. The number of ether oxygens (including phenoxy) is 3. The van der Waals surface area contributed by atoms with E-state index in [0.29, 0.717) is 12.7 Å². The van der Waals surface area contributed by atoms with Crippen molar-refractivity contribution >= 4 is 8.07 Å². The zero-order valence-corrected chi connectivity index (χ0v) is 18.7. The molecule has 1 rings (SSSR count). The maximum Gasteiger partial charge on any atom is 0.147 e. The summed E-state index contributed by atoms with van der Waals surface area (Å²) in [6, 6.07) is 1.16. The minimum absolute atomic E-state index is 0.0671. The molecular weight excluding hydrogens is 344 g/mol. The predicted molar refractivity (Wildman–Crippen MR) is 111 cm³/mol. The Balaban J connectivity index is 2.44. The number of methoxy groups -OCH3 is 1. The summed E-state index contributed by atoms with van der Waals surface area (Å²) in [7, 11) is 0.700. The monoisotopic (exact) mass is 384 g/mol. The Morgan fingerprint density at radius 1 is 1.27 bits per heavy atom. The molecule has 1 aliphatic carbocycles. The van der Waals surface area contributed by atoms with E-state index in [4.69, 9.17) is 14.2 Å². The van der Waals surface area contributed by atoms with Gasteiger partial charge in [-0.25, -0.2) is 0 Å². The summed E-state index contributed by atoms with van der Waals surface area (Å²) in [4.78, 5) is 0. The minimum Gasteiger partial charge on any atom is -0.388 e. The van der Waals surface area contributed by atoms with Gasteiger partial charge in [0.2, 0.25) is 0 Å². The van der Waals surface area contributed by atoms with Crippen molar-refractivity contribution in [3.05, 3.63) is 24.3 Å². The van der Waals surface area contributed by atoms with Crippen LogP contribution in [0, 0.1) is 11.8 Å². The lowest BCUT2D eigenvalue weighted by atomic mass is 9.83. The lowest BCUT2D eigenvalue weighted by molar-refractivity contribution is -0.144. The molecule has 0 aromatic rings. The van der Waals surface area contributed by atoms with Crippen molar-refractivity contribution in [2.45, 2.75) is 77.1 Å². The Morgan fingerprint density at radius 2 is 1.96 bits per heavy atom. The largest absolute Gasteiger partial charge is 0.388 e. The lowest BCUT2D eigenvalue weighted by Gasteiger charge is -2.34. The van der Waals surface area contributed by atoms with Crippen LogP contribution < -0.4 is 0 Å². The lowest BCUT2D eigenvalue weighted by Crippen LogP contribution is -2.37. The summed E-state index contributed by atoms with van der Waals surface area (Å²) in [5, 5.41) is 10.3. The molecule has 0 aromatic heterocycles. The van der Waals surface area contributed by atoms with E-state index in [2.05, 4.69) is 32.3 Å². The van der Waals surface area contributed by atoms with Crippen LogP contribution in [-0.4, -0.2) is 52.0 Å². The second-order valence-electron chi connectivity index (χ2n) is 8.84. The molecule has 0 saturated heterocycles. The van der Waals surface area contributed by atoms with E-state index in [-0.39, 0.29) is 18.1 Å². The SMILES string of the molecule is C=C[C@@H](C)[C@H](O)/C(C)=C/[C@@H]1CC[C@@H](OCOCC[Si](C)(C)C)[C@H](OC)C1. The van der Waals surface area contributed by atoms with Crippen LogP contribution in [0.5, 0.6) is 0 Å². The number of hydrogen-bond donors (Lipinski definition) is 1. The van der Waals surface area contributed by atoms with Gasteiger partial charge in [0.15, 0.2) is 0 Å². The molecule has 0 aliphatic heterocycles. The Hall–Kier alpha value is -0.463. The van der Waals surface area contributed by atoms with Crippen molar-refractivity contribution in [3.8, 4) is 0 Å². The Bertz CT molecular complexity index is 444. The van der Waals surface area contributed by atoms with Crippen LogP contribution >= 0.6 is 0 Å². The molecule has 1 saturated carbocycles. The first kappa shape index (κ1) is 23.6. The number of aliphatic hydroxyl groups is 1. The van der Waals surface area contributed by atoms with Gasteiger partial charge in [-0.1, -0.05) is 38.7 Å². The van der Waals surface area contributed by atoms with Crippen LogP contribution in [0.15, 0.2) is 24.3 Å². The number of rotatable bonds is 11. The molecule has 1 N–H and O–H groups in total. The molecule has 0 bridgehead atoms. The fraction of sp³-hybridized carbons (Fsp3) is 0.810. The highest BCUT2D eigenvalue weighted by Crippen LogP contribution is 2.31. The van der Waals surface area contributed by atoms with Crippen molar-refractivity contribution in [3.63, 3.8) is 0 Å². The molecule has 0 radical (unpaired) electrons. The van der Waals surface area contributed by atoms with Crippen LogP contribution in [0.1, 0.15) is 33.1 Å². The third-order valence-electron chi connectivity index (χ3n) is 5.27. The van der Waals surface area contributed by atoms with E-state index in [1.807, 2.05) is 13.8 Å². The van der Waals surface area contributed by atoms with Gasteiger partial charge in [-0.3, -0.25) is 0 Å². The average Bonchev–Trinajstić information content (AvgIpc) is 2.59. The van der Waals surface area contributed by atoms with E-state index in [9.17, 15) is 5.11 Å². The molecule has 0 amide bonds. The molecule has 1 fully saturated rings. The molecule has 5 heteroatoms. The highest BCUT2D eigenvalue weighted by molar-refractivity contribution is 6.76. The van der Waals surface area contributed by atoms with Gasteiger partial charge in [-0.05, 0) is 43.7 Å². The Kier molecular flexibility index (Phi) is 10.3. The fourth-order valence-corrected chi connectivity index (χ4v) is 4.07. The molecule has 26 heavy (non-hydrogen) atoms. The molecule has 1 aliphatic rings. The summed E-state index contributed by atoms with van der Waals surface area (Å²) < 4.78 is 17.3. The van der Waals surface area contributed by atoms with E-state index in [0.717, 1.165) is 37.5 Å². The van der Waals surface area contributed by atoms with Crippen molar-refractivity contribution in [2.24, 2.45) is 11.8 Å². The summed E-state index contributed by atoms with van der Waals surface area (Å²) in [5.41, 5.74) is 1.02. The zero-order chi connectivity index (χ0) is 19.7. The minimum atomic E-state index is -1.05. The van der Waals surface area contributed by atoms with Crippen LogP contribution in [0.2, 0.25) is 25.7 Å². The van der Waals surface area contributed by atoms with Crippen LogP contribution in [0.3, 0.4) is 0 Å². The Labute approximate surface area is 161 Å².